The van der Waals surface area contributed by atoms with Gasteiger partial charge in [-0.3, -0.25) is 4.79 Å². The van der Waals surface area contributed by atoms with Gasteiger partial charge in [-0.25, -0.2) is 9.59 Å². The van der Waals surface area contributed by atoms with Crippen LogP contribution in [0, 0.1) is 5.92 Å². The zero-order valence-electron chi connectivity index (χ0n) is 33.2. The van der Waals surface area contributed by atoms with Gasteiger partial charge in [-0.2, -0.15) is 0 Å². The van der Waals surface area contributed by atoms with E-state index in [1.807, 2.05) is 30.0 Å². The van der Waals surface area contributed by atoms with Gasteiger partial charge in [-0.1, -0.05) is 67.6 Å². The number of carbonyl (C=O) groups excluding carboxylic acids is 1. The average molecular weight is 806 g/mol. The number of ether oxygens (including phenoxy) is 5. The number of likely N-dealkylation sites (tertiary alicyclic amines) is 1. The zero-order chi connectivity index (χ0) is 41.1. The van der Waals surface area contributed by atoms with E-state index in [0.29, 0.717) is 53.2 Å². The molecule has 2 N–H and O–H groups in total. The predicted molar refractivity (Wildman–Crippen MR) is 220 cm³/mol. The van der Waals surface area contributed by atoms with Gasteiger partial charge in [-0.15, -0.1) is 0 Å². The number of hydrogen-bond donors (Lipinski definition) is 2. The number of hydrogen-bond acceptors (Lipinski definition) is 10. The van der Waals surface area contributed by atoms with Gasteiger partial charge < -0.3 is 38.8 Å². The number of carbonyl (C=O) groups is 3. The minimum Gasteiger partial charge on any atom is -0.493 e. The molecule has 0 aromatic heterocycles. The van der Waals surface area contributed by atoms with E-state index >= 15 is 0 Å². The summed E-state index contributed by atoms with van der Waals surface area (Å²) in [5, 5.41) is 15.6. The first-order valence-corrected chi connectivity index (χ1v) is 20.1. The second kappa shape index (κ2) is 17.4. The Labute approximate surface area is 342 Å². The van der Waals surface area contributed by atoms with Gasteiger partial charge in [0.1, 0.15) is 36.1 Å². The Morgan fingerprint density at radius 1 is 0.828 bits per heavy atom. The van der Waals surface area contributed by atoms with Gasteiger partial charge in [0.05, 0.1) is 25.7 Å². The van der Waals surface area contributed by atoms with E-state index in [1.54, 1.807) is 25.9 Å². The summed E-state index contributed by atoms with van der Waals surface area (Å²) >= 11 is 1.91. The Balaban J connectivity index is 0.000000154. The predicted octanol–water partition coefficient (Wildman–Crippen LogP) is 8.17. The van der Waals surface area contributed by atoms with Crippen LogP contribution in [0.25, 0.3) is 5.57 Å². The van der Waals surface area contributed by atoms with E-state index < -0.39 is 17.9 Å². The number of ketones is 1. The van der Waals surface area contributed by atoms with Crippen molar-refractivity contribution in [2.75, 3.05) is 41.0 Å². The lowest BCUT2D eigenvalue weighted by molar-refractivity contribution is -0.134. The van der Waals surface area contributed by atoms with Crippen molar-refractivity contribution in [2.24, 2.45) is 5.92 Å². The number of carboxylic acids is 2. The zero-order valence-corrected chi connectivity index (χ0v) is 34.0. The molecule has 0 aliphatic carbocycles. The Hall–Kier alpha value is -5.72. The van der Waals surface area contributed by atoms with Crippen LogP contribution in [0.4, 0.5) is 0 Å². The summed E-state index contributed by atoms with van der Waals surface area (Å²) in [5.41, 5.74) is 8.38. The van der Waals surface area contributed by atoms with Crippen molar-refractivity contribution < 1.29 is 48.3 Å². The van der Waals surface area contributed by atoms with Crippen molar-refractivity contribution in [3.63, 3.8) is 0 Å². The molecule has 9 rings (SSSR count). The molecule has 12 heteroatoms. The molecule has 5 aliphatic heterocycles. The molecule has 0 amide bonds. The number of methoxy groups -OCH3 is 2. The van der Waals surface area contributed by atoms with Crippen LogP contribution in [0.2, 0.25) is 0 Å². The van der Waals surface area contributed by atoms with Gasteiger partial charge in [0.25, 0.3) is 0 Å². The number of fused-ring (bicyclic) bond motifs is 8. The maximum Gasteiger partial charge on any atom is 0.328 e. The van der Waals surface area contributed by atoms with Crippen molar-refractivity contribution in [1.29, 1.82) is 0 Å². The molecule has 5 heterocycles. The smallest absolute Gasteiger partial charge is 0.328 e. The third-order valence-electron chi connectivity index (χ3n) is 10.9. The normalized spacial score (nSPS) is 19.8. The summed E-state index contributed by atoms with van der Waals surface area (Å²) < 4.78 is 29.2. The molecule has 0 saturated carbocycles. The molecule has 0 bridgehead atoms. The van der Waals surface area contributed by atoms with Crippen LogP contribution >= 0.6 is 11.8 Å². The van der Waals surface area contributed by atoms with E-state index in [0.717, 1.165) is 23.3 Å². The number of benzene rings is 4. The average Bonchev–Trinajstić information content (AvgIpc) is 3.68. The highest BCUT2D eigenvalue weighted by atomic mass is 32.2. The van der Waals surface area contributed by atoms with Crippen molar-refractivity contribution >= 4 is 35.1 Å². The molecule has 1 saturated heterocycles. The number of aliphatic carboxylic acids is 2. The van der Waals surface area contributed by atoms with Gasteiger partial charge in [0.15, 0.2) is 17.3 Å². The van der Waals surface area contributed by atoms with E-state index in [1.165, 1.54) is 52.4 Å². The van der Waals surface area contributed by atoms with Gasteiger partial charge in [0.2, 0.25) is 0 Å². The fourth-order valence-corrected chi connectivity index (χ4v) is 9.00. The van der Waals surface area contributed by atoms with Crippen molar-refractivity contribution in [2.45, 2.75) is 61.0 Å². The maximum atomic E-state index is 13.5. The molecule has 4 aromatic rings. The van der Waals surface area contributed by atoms with Crippen molar-refractivity contribution in [1.82, 2.24) is 4.90 Å². The number of rotatable bonds is 5. The van der Waals surface area contributed by atoms with Gasteiger partial charge in [-0.05, 0) is 72.8 Å². The summed E-state index contributed by atoms with van der Waals surface area (Å²) in [6.07, 6.45) is 3.98. The molecule has 1 fully saturated rings. The summed E-state index contributed by atoms with van der Waals surface area (Å²) in [5.74, 6) is 0.726. The second-order valence-corrected chi connectivity index (χ2v) is 16.0. The van der Waals surface area contributed by atoms with E-state index in [-0.39, 0.29) is 18.0 Å². The molecule has 0 radical (unpaired) electrons. The summed E-state index contributed by atoms with van der Waals surface area (Å²) in [6, 6.07) is 25.0. The highest BCUT2D eigenvalue weighted by Gasteiger charge is 2.45. The van der Waals surface area contributed by atoms with E-state index in [9.17, 15) is 14.4 Å². The van der Waals surface area contributed by atoms with Crippen LogP contribution in [0.1, 0.15) is 65.2 Å². The van der Waals surface area contributed by atoms with Crippen LogP contribution in [-0.4, -0.2) is 86.0 Å². The third kappa shape index (κ3) is 8.30. The van der Waals surface area contributed by atoms with Crippen LogP contribution < -0.4 is 23.7 Å². The van der Waals surface area contributed by atoms with E-state index in [4.69, 9.17) is 33.9 Å². The van der Waals surface area contributed by atoms with Crippen LogP contribution in [-0.2, 0) is 16.0 Å². The Kier molecular flexibility index (Phi) is 12.2. The minimum absolute atomic E-state index is 0.0452. The molecule has 4 aromatic carbocycles. The second-order valence-electron chi connectivity index (χ2n) is 15.0. The number of nitrogens with zero attached hydrogens (tertiary/aromatic N) is 1. The minimum atomic E-state index is -1.26. The van der Waals surface area contributed by atoms with Crippen LogP contribution in [0.5, 0.6) is 28.7 Å². The van der Waals surface area contributed by atoms with Gasteiger partial charge >= 0.3 is 11.9 Å². The highest BCUT2D eigenvalue weighted by Crippen LogP contribution is 2.50. The fraction of sp³-hybridized carbons (Fsp3) is 0.326. The molecule has 302 valence electrons. The highest BCUT2D eigenvalue weighted by molar-refractivity contribution is 7.99. The lowest BCUT2D eigenvalue weighted by Gasteiger charge is -2.37. The van der Waals surface area contributed by atoms with Crippen molar-refractivity contribution in [3.05, 3.63) is 118 Å². The molecule has 58 heavy (non-hydrogen) atoms. The maximum absolute atomic E-state index is 13.5. The molecular weight excluding hydrogens is 759 g/mol. The Bertz CT molecular complexity index is 2220. The molecule has 0 spiro atoms. The number of piperidine rings is 1. The lowest BCUT2D eigenvalue weighted by Crippen LogP contribution is -2.43. The first-order valence-electron chi connectivity index (χ1n) is 19.3. The Morgan fingerprint density at radius 3 is 2.02 bits per heavy atom. The third-order valence-corrected chi connectivity index (χ3v) is 12.1. The summed E-state index contributed by atoms with van der Waals surface area (Å²) in [4.78, 5) is 37.9. The standard InChI is InChI=1S/C23H24O6.C19H19NS.C4H4O4/c1-11(2)16-8-14-15(28-16)6-5-12-22(24)21-13-7-18(25-3)19(26-4)9-17(13)27-10-20(21)29-23(12)14;1-20-12-10-14(11-13-20)19-15-6-2-4-8-17(15)21-18-9-5-3-7-16(18)19;5-3(6)1-2-4(7)8/h5-7,9,11,16,20-21H,8,10H2,1-4H3;2-9H,10-13H2,1H3;1-2H,(H,5,6)(H,7,8). The van der Waals surface area contributed by atoms with Crippen molar-refractivity contribution in [3.8, 4) is 28.7 Å². The van der Waals surface area contributed by atoms with Crippen LogP contribution in [0.3, 0.4) is 0 Å². The molecule has 3 unspecified atom stereocenters. The first kappa shape index (κ1) is 40.5. The summed E-state index contributed by atoms with van der Waals surface area (Å²) in [7, 11) is 5.38. The number of Topliss-reactive ketones (excluding diaryl/α,β-unsaturated/α-hetero) is 1. The molecular formula is C46H47NO10S. The lowest BCUT2D eigenvalue weighted by atomic mass is 9.81. The molecule has 11 nitrogen and oxygen atoms in total. The monoisotopic (exact) mass is 805 g/mol. The SMILES string of the molecule is CN1CCC(=C2c3ccccc3Sc3ccccc32)CC1.COc1cc2c(cc1OC)C1C(=O)c3ccc4c(c3OC1CO2)CC(C(C)C)O4.O=C(O)C=CC(=O)O. The quantitative estimate of drug-likeness (QED) is 0.166. The van der Waals surface area contributed by atoms with Gasteiger partial charge in [0, 0.05) is 58.6 Å². The van der Waals surface area contributed by atoms with E-state index in [2.05, 4.69) is 74.3 Å². The number of carboxylic acid groups (broad SMARTS) is 2. The van der Waals surface area contributed by atoms with Crippen LogP contribution in [0.15, 0.2) is 100 Å². The largest absolute Gasteiger partial charge is 0.493 e. The summed E-state index contributed by atoms with van der Waals surface area (Å²) in [6.45, 7) is 6.93. The molecule has 5 aliphatic rings. The topological polar surface area (TPSA) is 141 Å². The fourth-order valence-electron chi connectivity index (χ4n) is 7.91. The Morgan fingerprint density at radius 2 is 1.43 bits per heavy atom. The first-order chi connectivity index (χ1) is 28.0. The molecule has 3 atom stereocenters.